The predicted octanol–water partition coefficient (Wildman–Crippen LogP) is 29.7. The Kier molecular flexibility index (Phi) is 39.4. The highest BCUT2D eigenvalue weighted by molar-refractivity contribution is 6.39. The molecule has 15 rings (SSSR count). The molecular weight excluding hydrogens is 1980 g/mol. The van der Waals surface area contributed by atoms with E-state index in [1.807, 2.05) is 36.4 Å². The average molecular weight is 2060 g/mol. The zero-order valence-corrected chi connectivity index (χ0v) is 81.5. The van der Waals surface area contributed by atoms with Crippen molar-refractivity contribution in [1.29, 1.82) is 0 Å². The van der Waals surface area contributed by atoms with Gasteiger partial charge in [-0.25, -0.2) is 24.9 Å². The van der Waals surface area contributed by atoms with E-state index in [0.717, 1.165) is 27.9 Å². The molecule has 702 valence electrons. The minimum Gasteiger partial charge on any atom is -0.497 e. The highest BCUT2D eigenvalue weighted by Crippen LogP contribution is 2.40. The highest BCUT2D eigenvalue weighted by Gasteiger charge is 2.21. The van der Waals surface area contributed by atoms with E-state index in [2.05, 4.69) is 51.5 Å². The maximum absolute atomic E-state index is 12.8. The highest BCUT2D eigenvalue weighted by atomic mass is 35.5. The van der Waals surface area contributed by atoms with Gasteiger partial charge in [0.25, 0.3) is 0 Å². The number of methoxy groups -OCH3 is 5. The summed E-state index contributed by atoms with van der Waals surface area (Å²) in [6.07, 6.45) is 23.9. The molecule has 139 heavy (non-hydrogen) atoms. The van der Waals surface area contributed by atoms with Gasteiger partial charge >= 0.3 is 5.69 Å². The molecule has 10 aromatic carbocycles. The second kappa shape index (κ2) is 52.4. The maximum atomic E-state index is 12.8. The van der Waals surface area contributed by atoms with Gasteiger partial charge in [-0.2, -0.15) is 0 Å². The quantitative estimate of drug-likeness (QED) is 0.00773. The van der Waals surface area contributed by atoms with E-state index >= 15 is 0 Å². The third-order valence-corrected chi connectivity index (χ3v) is 22.1. The van der Waals surface area contributed by atoms with Crippen LogP contribution >= 0.6 is 116 Å². The van der Waals surface area contributed by atoms with Crippen molar-refractivity contribution in [3.05, 3.63) is 438 Å². The van der Waals surface area contributed by atoms with Crippen molar-refractivity contribution in [2.24, 2.45) is 0 Å². The Balaban J connectivity index is 0.000000167. The fourth-order valence-corrected chi connectivity index (χ4v) is 14.4. The number of anilines is 11. The van der Waals surface area contributed by atoms with Gasteiger partial charge in [-0.1, -0.05) is 116 Å². The Labute approximate surface area is 849 Å². The number of nitrogens with zero attached hydrogens (tertiary/aromatic N) is 6. The summed E-state index contributed by atoms with van der Waals surface area (Å²) in [5.41, 5.74) is 15.4. The largest absolute Gasteiger partial charge is 0.497 e. The van der Waals surface area contributed by atoms with Crippen molar-refractivity contribution in [2.45, 2.75) is 0 Å². The number of nitro groups is 1. The van der Waals surface area contributed by atoms with Crippen LogP contribution in [0.25, 0.3) is 30.4 Å². The fourth-order valence-electron chi connectivity index (χ4n) is 12.4. The van der Waals surface area contributed by atoms with Crippen molar-refractivity contribution in [1.82, 2.24) is 24.9 Å². The van der Waals surface area contributed by atoms with Crippen molar-refractivity contribution >= 4 is 244 Å². The Bertz CT molecular complexity index is 6900. The van der Waals surface area contributed by atoms with Crippen LogP contribution in [0.1, 0.15) is 79.6 Å². The number of ether oxygens (including phenoxy) is 5. The molecule has 0 radical (unpaired) electrons. The maximum Gasteiger partial charge on any atom is 0.311 e. The van der Waals surface area contributed by atoms with E-state index in [9.17, 15) is 34.1 Å². The van der Waals surface area contributed by atoms with Crippen LogP contribution in [0.3, 0.4) is 0 Å². The minimum absolute atomic E-state index is 0.0825. The molecule has 0 atom stereocenters. The number of nitrogens with one attached hydrogen (secondary N) is 5. The Morgan fingerprint density at radius 3 is 0.885 bits per heavy atom. The first-order chi connectivity index (χ1) is 67.0. The smallest absolute Gasteiger partial charge is 0.311 e. The number of ketones is 5. The molecule has 15 aromatic rings. The molecular formula is C105H80Cl10N12O12. The van der Waals surface area contributed by atoms with Crippen LogP contribution in [0.4, 0.5) is 68.9 Å². The standard InChI is InChI=1S/C23H21ClN2O4.C21H15Cl2N3O4.C21H16Cl2N2O2.C20H13Cl3N2O.C20H15Cl2N3O/c1-28-20-13-16(14-21(29-2)22(20)30-3)19(27)11-6-15-5-4-12-25-23(15)26-18-9-7-17(24)8-10-18;1-30-20-9-5-14(11-18(20)26(28)29)19(27)8-4-13-3-2-10-24-21(13)25-17-7-6-15(22)12-16(17)23;1-27-17-8-4-14(5-9-17)20(26)11-6-15-3-2-12-24-21(15)25-19-10-7-16(22)13-18(19)23;21-15-6-3-13(4-7-15)19(26)10-5-14-2-1-11-24-20(14)25-18-9-8-16(22)12-17(18)23;21-15-6-9-18(17(22)12-15)25-20-14(2-1-11-24-20)5-10-19(26)13-3-7-16(23)8-4-13/h4-14H,1-3H3,(H,25,26);2-12H,1H3,(H,24,25);2-13H,1H3,(H,24,25);1-12H,(H,24,25);1-12H,23H2,(H,24,25)/b11-6+;8-4+;11-6+;2*10-5+. The summed E-state index contributed by atoms with van der Waals surface area (Å²) in [7, 11) is 7.44. The van der Waals surface area contributed by atoms with E-state index in [-0.39, 0.29) is 40.1 Å². The number of carbonyl (C=O) groups excluding carboxylic acids is 5. The van der Waals surface area contributed by atoms with Crippen molar-refractivity contribution in [3.63, 3.8) is 0 Å². The lowest BCUT2D eigenvalue weighted by Gasteiger charge is -2.13. The number of rotatable bonds is 31. The van der Waals surface area contributed by atoms with Crippen LogP contribution in [-0.2, 0) is 0 Å². The predicted molar refractivity (Wildman–Crippen MR) is 563 cm³/mol. The van der Waals surface area contributed by atoms with E-state index in [1.54, 1.807) is 275 Å². The number of carbonyl (C=O) groups is 5. The molecule has 7 N–H and O–H groups in total. The summed E-state index contributed by atoms with van der Waals surface area (Å²) < 4.78 is 26.0. The summed E-state index contributed by atoms with van der Waals surface area (Å²) in [6, 6.07) is 73.6. The van der Waals surface area contributed by atoms with Crippen molar-refractivity contribution < 1.29 is 52.6 Å². The summed E-state index contributed by atoms with van der Waals surface area (Å²) >= 11 is 60.3. The van der Waals surface area contributed by atoms with Crippen molar-refractivity contribution in [2.75, 3.05) is 67.9 Å². The lowest BCUT2D eigenvalue weighted by atomic mass is 10.1. The topological polar surface area (TPSA) is 325 Å². The van der Waals surface area contributed by atoms with Crippen LogP contribution in [0.2, 0.25) is 50.2 Å². The van der Waals surface area contributed by atoms with Gasteiger partial charge in [-0.05, 0) is 316 Å². The molecule has 0 bridgehead atoms. The van der Waals surface area contributed by atoms with E-state index in [4.69, 9.17) is 145 Å². The number of aromatic nitrogens is 5. The first-order valence-electron chi connectivity index (χ1n) is 41.2. The second-order valence-corrected chi connectivity index (χ2v) is 33.0. The molecule has 5 heterocycles. The van der Waals surface area contributed by atoms with Gasteiger partial charge in [0.2, 0.25) is 5.75 Å². The van der Waals surface area contributed by atoms with E-state index < -0.39 is 10.7 Å². The molecule has 0 aliphatic heterocycles. The fraction of sp³-hybridized carbons (Fsp3) is 0.0476. The van der Waals surface area contributed by atoms with Crippen LogP contribution in [-0.4, -0.2) is 94.3 Å². The number of nitrogen functional groups attached to an aromatic ring is 1. The summed E-state index contributed by atoms with van der Waals surface area (Å²) in [4.78, 5) is 94.4. The lowest BCUT2D eigenvalue weighted by molar-refractivity contribution is -0.385. The second-order valence-electron chi connectivity index (χ2n) is 28.7. The first kappa shape index (κ1) is 105. The SMILES string of the molecule is COc1cc(C(=O)/C=C/c2cccnc2Nc2ccc(Cl)cc2)cc(OC)c1OC.COc1ccc(C(=O)/C=C/c2cccnc2Nc2ccc(Cl)cc2Cl)cc1.COc1ccc(C(=O)/C=C/c2cccnc2Nc2ccc(Cl)cc2Cl)cc1[N+](=O)[O-].Nc1ccc(C(=O)/C=C/c2cccnc2Nc2ccc(Cl)cc2Cl)cc1.O=C(/C=C/c1cccnc1Nc1ccc(Cl)cc1Cl)c1ccc(Cl)cc1. The average Bonchev–Trinajstić information content (AvgIpc) is 0.791. The molecule has 0 unspecified atom stereocenters. The molecule has 0 saturated carbocycles. The van der Waals surface area contributed by atoms with E-state index in [0.29, 0.717) is 159 Å². The molecule has 0 spiro atoms. The summed E-state index contributed by atoms with van der Waals surface area (Å²) in [5, 5.41) is 32.2. The molecule has 0 fully saturated rings. The Morgan fingerprint density at radius 2 is 0.583 bits per heavy atom. The zero-order valence-electron chi connectivity index (χ0n) is 73.9. The zero-order chi connectivity index (χ0) is 99.4. The van der Waals surface area contributed by atoms with Crippen LogP contribution < -0.4 is 56.0 Å². The number of allylic oxidation sites excluding steroid dienone is 5. The number of hydrogen-bond donors (Lipinski definition) is 6. The van der Waals surface area contributed by atoms with E-state index in [1.165, 1.54) is 77.0 Å². The number of nitro benzene ring substituents is 1. The van der Waals surface area contributed by atoms with Crippen LogP contribution in [0, 0.1) is 10.1 Å². The van der Waals surface area contributed by atoms with Gasteiger partial charge in [0.15, 0.2) is 46.2 Å². The van der Waals surface area contributed by atoms with Crippen molar-refractivity contribution in [3.8, 4) is 28.7 Å². The minimum atomic E-state index is -0.599. The van der Waals surface area contributed by atoms with Crippen LogP contribution in [0.15, 0.2) is 322 Å². The normalized spacial score (nSPS) is 10.8. The van der Waals surface area contributed by atoms with Gasteiger partial charge in [-0.15, -0.1) is 0 Å². The monoisotopic (exact) mass is 2050 g/mol. The lowest BCUT2D eigenvalue weighted by Crippen LogP contribution is -2.01. The molecule has 0 saturated heterocycles. The Hall–Kier alpha value is -14.9. The number of halogens is 10. The number of hydrogen-bond acceptors (Lipinski definition) is 23. The number of benzene rings is 10. The molecule has 0 aliphatic carbocycles. The van der Waals surface area contributed by atoms with Gasteiger partial charge < -0.3 is 56.0 Å². The van der Waals surface area contributed by atoms with Gasteiger partial charge in [0, 0.05) is 134 Å². The van der Waals surface area contributed by atoms with Crippen LogP contribution in [0.5, 0.6) is 28.7 Å². The van der Waals surface area contributed by atoms with Gasteiger partial charge in [0.05, 0.1) is 83.3 Å². The third kappa shape index (κ3) is 31.3. The summed E-state index contributed by atoms with van der Waals surface area (Å²) in [5.74, 6) is 3.92. The molecule has 0 aliphatic rings. The van der Waals surface area contributed by atoms with Gasteiger partial charge in [0.1, 0.15) is 34.8 Å². The summed E-state index contributed by atoms with van der Waals surface area (Å²) in [6.45, 7) is 0. The molecule has 0 amide bonds. The first-order valence-corrected chi connectivity index (χ1v) is 45.0. The van der Waals surface area contributed by atoms with Gasteiger partial charge in [-0.3, -0.25) is 34.1 Å². The third-order valence-electron chi connectivity index (χ3n) is 19.4. The number of pyridine rings is 5. The molecule has 34 heteroatoms. The Morgan fingerprint density at radius 1 is 0.302 bits per heavy atom. The molecule has 5 aromatic heterocycles. The molecule has 24 nitrogen and oxygen atoms in total. The number of nitrogens with two attached hydrogens (primary N) is 1.